The average molecular weight is 683 g/mol. The lowest BCUT2D eigenvalue weighted by Crippen LogP contribution is -2.47. The number of rotatable bonds is 8. The molecule has 2 aliphatic heterocycles. The summed E-state index contributed by atoms with van der Waals surface area (Å²) in [6.45, 7) is 3.71. The molecule has 0 aliphatic carbocycles. The summed E-state index contributed by atoms with van der Waals surface area (Å²) < 4.78 is 82.4. The summed E-state index contributed by atoms with van der Waals surface area (Å²) in [5.41, 5.74) is 1.47. The number of piperazine rings is 1. The van der Waals surface area contributed by atoms with Crippen LogP contribution in [0.1, 0.15) is 29.7 Å². The molecule has 9 nitrogen and oxygen atoms in total. The van der Waals surface area contributed by atoms with Crippen molar-refractivity contribution in [1.82, 2.24) is 19.6 Å². The minimum atomic E-state index is -4.50. The summed E-state index contributed by atoms with van der Waals surface area (Å²) >= 11 is 0. The van der Waals surface area contributed by atoms with Crippen LogP contribution in [0.2, 0.25) is 0 Å². The summed E-state index contributed by atoms with van der Waals surface area (Å²) in [7, 11) is -3.92. The molecule has 2 aliphatic rings. The summed E-state index contributed by atoms with van der Waals surface area (Å²) in [5, 5.41) is 2.83. The quantitative estimate of drug-likeness (QED) is 0.249. The highest BCUT2D eigenvalue weighted by Gasteiger charge is 2.40. The second-order valence-electron chi connectivity index (χ2n) is 11.8. The molecule has 0 radical (unpaired) electrons. The van der Waals surface area contributed by atoms with E-state index in [-0.39, 0.29) is 23.8 Å². The molecule has 3 heterocycles. The van der Waals surface area contributed by atoms with Gasteiger partial charge < -0.3 is 15.1 Å². The van der Waals surface area contributed by atoms with Crippen molar-refractivity contribution in [2.75, 3.05) is 42.5 Å². The van der Waals surface area contributed by atoms with Gasteiger partial charge in [-0.05, 0) is 61.7 Å². The van der Waals surface area contributed by atoms with Crippen molar-refractivity contribution in [2.45, 2.75) is 43.4 Å². The summed E-state index contributed by atoms with van der Waals surface area (Å²) in [5.74, 6) is -0.481. The van der Waals surface area contributed by atoms with Crippen LogP contribution in [0.3, 0.4) is 0 Å². The van der Waals surface area contributed by atoms with Gasteiger partial charge in [0.1, 0.15) is 11.9 Å². The predicted molar refractivity (Wildman–Crippen MR) is 173 cm³/mol. The number of aromatic nitrogens is 2. The number of hydrogen-bond acceptors (Lipinski definition) is 7. The molecule has 0 unspecified atom stereocenters. The van der Waals surface area contributed by atoms with Crippen molar-refractivity contribution in [1.29, 1.82) is 0 Å². The zero-order valence-corrected chi connectivity index (χ0v) is 26.9. The molecule has 2 fully saturated rings. The Morgan fingerprint density at radius 2 is 1.56 bits per heavy atom. The van der Waals surface area contributed by atoms with E-state index in [4.69, 9.17) is 0 Å². The van der Waals surface area contributed by atoms with Crippen molar-refractivity contribution in [3.05, 3.63) is 102 Å². The van der Waals surface area contributed by atoms with Crippen LogP contribution < -0.4 is 15.1 Å². The number of nitrogens with one attached hydrogen (secondary N) is 1. The Hall–Kier alpha value is -4.56. The lowest BCUT2D eigenvalue weighted by Gasteiger charge is -2.36. The number of carbonyl (C=O) groups excluding carboxylic acids is 1. The molecule has 2 saturated heterocycles. The second-order valence-corrected chi connectivity index (χ2v) is 13.7. The molecule has 1 atom stereocenters. The third-order valence-electron chi connectivity index (χ3n) is 8.66. The standard InChI is InChI=1S/C34H34F4N6O3S/c1-23-7-2-5-11-31(23)48(46,47)44-16-6-10-30(44)32(45)39-22-26-21-28(24-12-14-25(15-13-24)34(36,37)38)41-33(40-26)43-19-17-42(18-20-43)29-9-4-3-8-27(29)35/h2-5,7-9,11-15,21,30H,6,10,16-20,22H2,1H3,(H,39,45)/t30-/m0/s1. The van der Waals surface area contributed by atoms with Crippen molar-refractivity contribution in [2.24, 2.45) is 0 Å². The minimum Gasteiger partial charge on any atom is -0.366 e. The van der Waals surface area contributed by atoms with E-state index >= 15 is 0 Å². The zero-order chi connectivity index (χ0) is 34.1. The Labute approximate surface area is 276 Å². The minimum absolute atomic E-state index is 0.0636. The number of alkyl halides is 3. The molecular formula is C34H34F4N6O3S. The molecule has 4 aromatic rings. The van der Waals surface area contributed by atoms with E-state index in [0.717, 1.165) is 12.1 Å². The van der Waals surface area contributed by atoms with E-state index in [9.17, 15) is 30.8 Å². The van der Waals surface area contributed by atoms with Crippen LogP contribution in [0, 0.1) is 12.7 Å². The second kappa shape index (κ2) is 13.5. The van der Waals surface area contributed by atoms with Crippen LogP contribution in [-0.2, 0) is 27.5 Å². The van der Waals surface area contributed by atoms with Crippen molar-refractivity contribution >= 4 is 27.6 Å². The van der Waals surface area contributed by atoms with Gasteiger partial charge >= 0.3 is 6.18 Å². The molecule has 3 aromatic carbocycles. The van der Waals surface area contributed by atoms with Crippen LogP contribution in [0.25, 0.3) is 11.3 Å². The molecule has 1 N–H and O–H groups in total. The maximum Gasteiger partial charge on any atom is 0.416 e. The molecule has 0 bridgehead atoms. The number of halogens is 4. The van der Waals surface area contributed by atoms with Crippen molar-refractivity contribution in [3.8, 4) is 11.3 Å². The molecule has 6 rings (SSSR count). The number of benzene rings is 3. The van der Waals surface area contributed by atoms with Gasteiger partial charge in [0.25, 0.3) is 0 Å². The summed E-state index contributed by atoms with van der Waals surface area (Å²) in [6, 6.07) is 18.5. The van der Waals surface area contributed by atoms with Crippen LogP contribution >= 0.6 is 0 Å². The molecular weight excluding hydrogens is 648 g/mol. The number of para-hydroxylation sites is 1. The summed E-state index contributed by atoms with van der Waals surface area (Å²) in [6.07, 6.45) is -3.61. The summed E-state index contributed by atoms with van der Waals surface area (Å²) in [4.78, 5) is 26.8. The van der Waals surface area contributed by atoms with E-state index in [2.05, 4.69) is 15.3 Å². The van der Waals surface area contributed by atoms with Gasteiger partial charge in [0, 0.05) is 38.3 Å². The Morgan fingerprint density at radius 1 is 0.896 bits per heavy atom. The maximum absolute atomic E-state index is 14.4. The molecule has 1 aromatic heterocycles. The maximum atomic E-state index is 14.4. The van der Waals surface area contributed by atoms with Gasteiger partial charge in [0.15, 0.2) is 0 Å². The molecule has 0 saturated carbocycles. The molecule has 0 spiro atoms. The van der Waals surface area contributed by atoms with Gasteiger partial charge in [-0.15, -0.1) is 0 Å². The van der Waals surface area contributed by atoms with Crippen LogP contribution in [-0.4, -0.2) is 67.4 Å². The van der Waals surface area contributed by atoms with Gasteiger partial charge in [-0.2, -0.15) is 17.5 Å². The third-order valence-corrected chi connectivity index (χ3v) is 10.7. The highest BCUT2D eigenvalue weighted by atomic mass is 32.2. The Bertz CT molecular complexity index is 1900. The Morgan fingerprint density at radius 3 is 2.25 bits per heavy atom. The third kappa shape index (κ3) is 6.99. The topological polar surface area (TPSA) is 98.7 Å². The fourth-order valence-electron chi connectivity index (χ4n) is 6.11. The van der Waals surface area contributed by atoms with Gasteiger partial charge in [0.2, 0.25) is 21.9 Å². The van der Waals surface area contributed by atoms with E-state index < -0.39 is 33.7 Å². The molecule has 14 heteroatoms. The first-order valence-corrected chi connectivity index (χ1v) is 17.0. The zero-order valence-electron chi connectivity index (χ0n) is 26.1. The molecule has 48 heavy (non-hydrogen) atoms. The van der Waals surface area contributed by atoms with Gasteiger partial charge in [0.05, 0.1) is 34.1 Å². The number of carbonyl (C=O) groups is 1. The fourth-order valence-corrected chi connectivity index (χ4v) is 7.99. The normalized spacial score (nSPS) is 17.5. The monoisotopic (exact) mass is 682 g/mol. The first-order valence-electron chi connectivity index (χ1n) is 15.6. The lowest BCUT2D eigenvalue weighted by atomic mass is 10.1. The Balaban J connectivity index is 1.23. The van der Waals surface area contributed by atoms with Gasteiger partial charge in [-0.1, -0.05) is 42.5 Å². The molecule has 252 valence electrons. The van der Waals surface area contributed by atoms with E-state index in [0.29, 0.717) is 73.2 Å². The first kappa shape index (κ1) is 33.3. The van der Waals surface area contributed by atoms with Crippen LogP contribution in [0.5, 0.6) is 0 Å². The predicted octanol–water partition coefficient (Wildman–Crippen LogP) is 5.41. The van der Waals surface area contributed by atoms with Crippen LogP contribution in [0.15, 0.2) is 83.8 Å². The largest absolute Gasteiger partial charge is 0.416 e. The van der Waals surface area contributed by atoms with Gasteiger partial charge in [-0.3, -0.25) is 4.79 Å². The number of amides is 1. The van der Waals surface area contributed by atoms with E-state index in [1.165, 1.54) is 28.6 Å². The number of hydrogen-bond donors (Lipinski definition) is 1. The van der Waals surface area contributed by atoms with E-state index in [1.807, 2.05) is 9.80 Å². The van der Waals surface area contributed by atoms with Gasteiger partial charge in [-0.25, -0.2) is 22.8 Å². The number of anilines is 2. The van der Waals surface area contributed by atoms with E-state index in [1.54, 1.807) is 49.4 Å². The Kier molecular flexibility index (Phi) is 9.39. The SMILES string of the molecule is Cc1ccccc1S(=O)(=O)N1CCC[C@H]1C(=O)NCc1cc(-c2ccc(C(F)(F)F)cc2)nc(N2CCN(c3ccccc3F)CC2)n1. The highest BCUT2D eigenvalue weighted by molar-refractivity contribution is 7.89. The smallest absolute Gasteiger partial charge is 0.366 e. The molecule has 1 amide bonds. The van der Waals surface area contributed by atoms with Crippen LogP contribution in [0.4, 0.5) is 29.2 Å². The first-order chi connectivity index (χ1) is 22.9. The fraction of sp³-hybridized carbons (Fsp3) is 0.324. The number of nitrogens with zero attached hydrogens (tertiary/aromatic N) is 5. The van der Waals surface area contributed by atoms with Crippen molar-refractivity contribution < 1.29 is 30.8 Å². The number of aryl methyl sites for hydroxylation is 1. The van der Waals surface area contributed by atoms with Crippen molar-refractivity contribution in [3.63, 3.8) is 0 Å². The highest BCUT2D eigenvalue weighted by Crippen LogP contribution is 2.32. The number of sulfonamides is 1. The average Bonchev–Trinajstić information content (AvgIpc) is 3.59. The lowest BCUT2D eigenvalue weighted by molar-refractivity contribution is -0.137.